The molecule has 146 valence electrons. The van der Waals surface area contributed by atoms with Crippen LogP contribution in [0.3, 0.4) is 0 Å². The summed E-state index contributed by atoms with van der Waals surface area (Å²) in [4.78, 5) is 29.9. The van der Waals surface area contributed by atoms with Crippen LogP contribution in [0.4, 0.5) is 0 Å². The van der Waals surface area contributed by atoms with E-state index in [1.807, 2.05) is 21.9 Å². The molecule has 1 aromatic rings. The van der Waals surface area contributed by atoms with Crippen LogP contribution >= 0.6 is 0 Å². The highest BCUT2D eigenvalue weighted by molar-refractivity contribution is 5.82. The van der Waals surface area contributed by atoms with Crippen LogP contribution in [-0.4, -0.2) is 61.0 Å². The third kappa shape index (κ3) is 3.75. The predicted octanol–water partition coefficient (Wildman–Crippen LogP) is 2.42. The highest BCUT2D eigenvalue weighted by atomic mass is 16.5. The molecule has 0 radical (unpaired) electrons. The first kappa shape index (κ1) is 18.5. The number of likely N-dealkylation sites (tertiary alicyclic amines) is 1. The summed E-state index contributed by atoms with van der Waals surface area (Å²) < 4.78 is 5.40. The maximum Gasteiger partial charge on any atom is 0.227 e. The molecule has 0 aromatic heterocycles. The number of carbonyl (C=O) groups excluding carboxylic acids is 2. The Hall–Kier alpha value is -1.88. The molecule has 4 rings (SSSR count). The number of morpholine rings is 1. The normalized spacial score (nSPS) is 28.1. The molecule has 0 bridgehead atoms. The zero-order chi connectivity index (χ0) is 18.9. The van der Waals surface area contributed by atoms with Gasteiger partial charge in [-0.1, -0.05) is 36.2 Å². The minimum absolute atomic E-state index is 0.00166. The predicted molar refractivity (Wildman–Crippen MR) is 103 cm³/mol. The van der Waals surface area contributed by atoms with Crippen LogP contribution < -0.4 is 0 Å². The van der Waals surface area contributed by atoms with Crippen molar-refractivity contribution >= 4 is 11.8 Å². The summed E-state index contributed by atoms with van der Waals surface area (Å²) in [7, 11) is 0. The molecule has 2 heterocycles. The summed E-state index contributed by atoms with van der Waals surface area (Å²) in [6.07, 6.45) is 4.56. The van der Waals surface area contributed by atoms with Crippen LogP contribution in [0.5, 0.6) is 0 Å². The fraction of sp³-hybridized carbons (Fsp3) is 0.636. The van der Waals surface area contributed by atoms with E-state index in [0.29, 0.717) is 38.6 Å². The standard InChI is InChI=1S/C22H30N2O3/c1-17-4-6-18(7-5-17)15-20(25)24-10-9-22(16-24)8-2-3-19(22)21(26)23-11-13-27-14-12-23/h4-7,19H,2-3,8-16H2,1H3. The second-order valence-electron chi connectivity index (χ2n) is 8.47. The minimum atomic E-state index is -0.00166. The van der Waals surface area contributed by atoms with Gasteiger partial charge in [0.15, 0.2) is 0 Å². The Bertz CT molecular complexity index is 696. The molecule has 1 aliphatic carbocycles. The lowest BCUT2D eigenvalue weighted by molar-refractivity contribution is -0.143. The van der Waals surface area contributed by atoms with Crippen LogP contribution in [0.1, 0.15) is 36.8 Å². The molecule has 2 amide bonds. The SMILES string of the molecule is Cc1ccc(CC(=O)N2CCC3(CCCC3C(=O)N3CCOCC3)C2)cc1. The molecule has 5 heteroatoms. The van der Waals surface area contributed by atoms with Gasteiger partial charge in [0.05, 0.1) is 19.6 Å². The molecule has 1 aromatic carbocycles. The summed E-state index contributed by atoms with van der Waals surface area (Å²) in [5.41, 5.74) is 2.28. The fourth-order valence-corrected chi connectivity index (χ4v) is 5.12. The van der Waals surface area contributed by atoms with Gasteiger partial charge in [0.1, 0.15) is 0 Å². The molecule has 1 saturated carbocycles. The van der Waals surface area contributed by atoms with E-state index in [-0.39, 0.29) is 17.2 Å². The maximum absolute atomic E-state index is 13.1. The van der Waals surface area contributed by atoms with Gasteiger partial charge in [0.2, 0.25) is 11.8 Å². The Morgan fingerprint density at radius 2 is 1.81 bits per heavy atom. The van der Waals surface area contributed by atoms with Crippen molar-refractivity contribution in [3.8, 4) is 0 Å². The van der Waals surface area contributed by atoms with E-state index in [9.17, 15) is 9.59 Å². The maximum atomic E-state index is 13.1. The molecule has 3 fully saturated rings. The summed E-state index contributed by atoms with van der Waals surface area (Å²) in [5.74, 6) is 0.566. The van der Waals surface area contributed by atoms with Crippen molar-refractivity contribution in [2.24, 2.45) is 11.3 Å². The quantitative estimate of drug-likeness (QED) is 0.821. The van der Waals surface area contributed by atoms with Gasteiger partial charge in [0.25, 0.3) is 0 Å². The lowest BCUT2D eigenvalue weighted by Gasteiger charge is -2.36. The summed E-state index contributed by atoms with van der Waals surface area (Å²) in [6.45, 7) is 6.31. The number of hydrogen-bond donors (Lipinski definition) is 0. The van der Waals surface area contributed by atoms with Gasteiger partial charge in [-0.25, -0.2) is 0 Å². The molecule has 2 atom stereocenters. The number of hydrogen-bond acceptors (Lipinski definition) is 3. The molecule has 2 unspecified atom stereocenters. The first-order chi connectivity index (χ1) is 13.1. The Kier molecular flexibility index (Phi) is 5.22. The van der Waals surface area contributed by atoms with Crippen LogP contribution in [0.15, 0.2) is 24.3 Å². The zero-order valence-corrected chi connectivity index (χ0v) is 16.3. The van der Waals surface area contributed by atoms with Gasteiger partial charge in [-0.2, -0.15) is 0 Å². The number of nitrogens with zero attached hydrogens (tertiary/aromatic N) is 2. The smallest absolute Gasteiger partial charge is 0.227 e. The Morgan fingerprint density at radius 1 is 1.07 bits per heavy atom. The molecular formula is C22H30N2O3. The molecular weight excluding hydrogens is 340 g/mol. The zero-order valence-electron chi connectivity index (χ0n) is 16.3. The van der Waals surface area contributed by atoms with E-state index in [0.717, 1.165) is 44.3 Å². The second-order valence-corrected chi connectivity index (χ2v) is 8.47. The van der Waals surface area contributed by atoms with E-state index >= 15 is 0 Å². The summed E-state index contributed by atoms with van der Waals surface area (Å²) in [6, 6.07) is 8.20. The Labute approximate surface area is 161 Å². The minimum Gasteiger partial charge on any atom is -0.378 e. The first-order valence-electron chi connectivity index (χ1n) is 10.3. The van der Waals surface area contributed by atoms with Gasteiger partial charge in [-0.3, -0.25) is 9.59 Å². The third-order valence-corrected chi connectivity index (χ3v) is 6.74. The van der Waals surface area contributed by atoms with E-state index in [1.165, 1.54) is 5.56 Å². The lowest BCUT2D eigenvalue weighted by atomic mass is 9.76. The van der Waals surface area contributed by atoms with Gasteiger partial charge in [-0.15, -0.1) is 0 Å². The van der Waals surface area contributed by atoms with Gasteiger partial charge >= 0.3 is 0 Å². The molecule has 2 aliphatic heterocycles. The average molecular weight is 370 g/mol. The number of rotatable bonds is 3. The van der Waals surface area contributed by atoms with Crippen molar-refractivity contribution in [1.82, 2.24) is 9.80 Å². The van der Waals surface area contributed by atoms with E-state index in [2.05, 4.69) is 19.1 Å². The van der Waals surface area contributed by atoms with Gasteiger partial charge in [-0.05, 0) is 31.7 Å². The average Bonchev–Trinajstić information content (AvgIpc) is 3.31. The molecule has 3 aliphatic rings. The van der Waals surface area contributed by atoms with Crippen molar-refractivity contribution in [2.45, 2.75) is 39.0 Å². The lowest BCUT2D eigenvalue weighted by Crippen LogP contribution is -2.47. The van der Waals surface area contributed by atoms with E-state index in [4.69, 9.17) is 4.74 Å². The summed E-state index contributed by atoms with van der Waals surface area (Å²) >= 11 is 0. The molecule has 1 spiro atoms. The third-order valence-electron chi connectivity index (χ3n) is 6.74. The number of carbonyl (C=O) groups is 2. The van der Waals surface area contributed by atoms with Gasteiger partial charge in [0, 0.05) is 37.5 Å². The van der Waals surface area contributed by atoms with E-state index < -0.39 is 0 Å². The second kappa shape index (κ2) is 7.63. The number of amides is 2. The molecule has 0 N–H and O–H groups in total. The van der Waals surface area contributed by atoms with Crippen molar-refractivity contribution in [3.05, 3.63) is 35.4 Å². The molecule has 27 heavy (non-hydrogen) atoms. The van der Waals surface area contributed by atoms with Crippen molar-refractivity contribution in [3.63, 3.8) is 0 Å². The highest BCUT2D eigenvalue weighted by Gasteiger charge is 2.52. The van der Waals surface area contributed by atoms with Crippen molar-refractivity contribution < 1.29 is 14.3 Å². The van der Waals surface area contributed by atoms with Crippen LogP contribution in [0.25, 0.3) is 0 Å². The largest absolute Gasteiger partial charge is 0.378 e. The fourth-order valence-electron chi connectivity index (χ4n) is 5.12. The number of benzene rings is 1. The van der Waals surface area contributed by atoms with Crippen molar-refractivity contribution in [1.29, 1.82) is 0 Å². The van der Waals surface area contributed by atoms with Gasteiger partial charge < -0.3 is 14.5 Å². The van der Waals surface area contributed by atoms with Crippen LogP contribution in [0.2, 0.25) is 0 Å². The van der Waals surface area contributed by atoms with Crippen molar-refractivity contribution in [2.75, 3.05) is 39.4 Å². The Balaban J connectivity index is 1.41. The van der Waals surface area contributed by atoms with Crippen LogP contribution in [0, 0.1) is 18.3 Å². The number of ether oxygens (including phenoxy) is 1. The molecule has 2 saturated heterocycles. The molecule has 5 nitrogen and oxygen atoms in total. The first-order valence-corrected chi connectivity index (χ1v) is 10.3. The van der Waals surface area contributed by atoms with Crippen LogP contribution in [-0.2, 0) is 20.7 Å². The number of aryl methyl sites for hydroxylation is 1. The topological polar surface area (TPSA) is 49.9 Å². The highest BCUT2D eigenvalue weighted by Crippen LogP contribution is 2.50. The monoisotopic (exact) mass is 370 g/mol. The van der Waals surface area contributed by atoms with E-state index in [1.54, 1.807) is 0 Å². The Morgan fingerprint density at radius 3 is 2.56 bits per heavy atom. The summed E-state index contributed by atoms with van der Waals surface area (Å²) in [5, 5.41) is 0.